The number of hydrogen-bond acceptors (Lipinski definition) is 6. The van der Waals surface area contributed by atoms with Gasteiger partial charge in [0.2, 0.25) is 5.89 Å². The van der Waals surface area contributed by atoms with Gasteiger partial charge in [-0.3, -0.25) is 4.99 Å². The number of fused-ring (bicyclic) bond motifs is 1. The minimum Gasteiger partial charge on any atom is -0.504 e. The Bertz CT molecular complexity index is 1120. The van der Waals surface area contributed by atoms with E-state index in [0.717, 1.165) is 10.0 Å². The standard InChI is InChI=1S/C20H14BrN3O3/c1-26-17-10-14(21)8-13(18(17)25)11-23-15-5-2-4-12(9-15)20-24-19-16(27-20)6-3-7-22-19/h2-11,25H,1H3. The van der Waals surface area contributed by atoms with Crippen molar-refractivity contribution < 1.29 is 14.3 Å². The van der Waals surface area contributed by atoms with Crippen molar-refractivity contribution in [2.24, 2.45) is 4.99 Å². The number of phenols is 1. The summed E-state index contributed by atoms with van der Waals surface area (Å²) in [5.74, 6) is 0.886. The minimum absolute atomic E-state index is 0.0330. The third kappa shape index (κ3) is 3.54. The van der Waals surface area contributed by atoms with Crippen LogP contribution in [0.15, 0.2) is 68.6 Å². The first-order valence-corrected chi connectivity index (χ1v) is 8.86. The van der Waals surface area contributed by atoms with E-state index < -0.39 is 0 Å². The van der Waals surface area contributed by atoms with E-state index in [0.29, 0.717) is 34.1 Å². The monoisotopic (exact) mass is 423 g/mol. The summed E-state index contributed by atoms with van der Waals surface area (Å²) in [6.45, 7) is 0. The maximum absolute atomic E-state index is 10.2. The molecule has 0 spiro atoms. The van der Waals surface area contributed by atoms with E-state index in [1.54, 1.807) is 30.6 Å². The van der Waals surface area contributed by atoms with E-state index in [9.17, 15) is 5.11 Å². The van der Waals surface area contributed by atoms with Crippen molar-refractivity contribution in [1.82, 2.24) is 9.97 Å². The van der Waals surface area contributed by atoms with Gasteiger partial charge in [0.1, 0.15) is 0 Å². The largest absolute Gasteiger partial charge is 0.504 e. The Morgan fingerprint density at radius 1 is 1.19 bits per heavy atom. The molecule has 7 heteroatoms. The van der Waals surface area contributed by atoms with Crippen molar-refractivity contribution in [2.45, 2.75) is 0 Å². The normalized spacial score (nSPS) is 11.3. The summed E-state index contributed by atoms with van der Waals surface area (Å²) in [5.41, 5.74) is 3.22. The van der Waals surface area contributed by atoms with Gasteiger partial charge < -0.3 is 14.3 Å². The van der Waals surface area contributed by atoms with Gasteiger partial charge in [-0.25, -0.2) is 4.98 Å². The summed E-state index contributed by atoms with van der Waals surface area (Å²) >= 11 is 3.39. The molecule has 4 rings (SSSR count). The molecule has 0 unspecified atom stereocenters. The third-order valence-corrected chi connectivity index (χ3v) is 4.36. The maximum atomic E-state index is 10.2. The van der Waals surface area contributed by atoms with Crippen LogP contribution in [-0.4, -0.2) is 28.4 Å². The molecule has 134 valence electrons. The fraction of sp³-hybridized carbons (Fsp3) is 0.0500. The van der Waals surface area contributed by atoms with Crippen LogP contribution in [0.5, 0.6) is 11.5 Å². The van der Waals surface area contributed by atoms with Gasteiger partial charge in [-0.15, -0.1) is 0 Å². The van der Waals surface area contributed by atoms with E-state index in [1.165, 1.54) is 7.11 Å². The summed E-state index contributed by atoms with van der Waals surface area (Å²) in [6, 6.07) is 14.5. The molecule has 2 aromatic heterocycles. The molecule has 0 aliphatic heterocycles. The molecule has 1 N–H and O–H groups in total. The molecular weight excluding hydrogens is 410 g/mol. The predicted molar refractivity (Wildman–Crippen MR) is 107 cm³/mol. The van der Waals surface area contributed by atoms with Crippen LogP contribution in [0.3, 0.4) is 0 Å². The second-order valence-electron chi connectivity index (χ2n) is 5.70. The van der Waals surface area contributed by atoms with Crippen LogP contribution in [0.1, 0.15) is 5.56 Å². The lowest BCUT2D eigenvalue weighted by Gasteiger charge is -2.06. The van der Waals surface area contributed by atoms with Crippen molar-refractivity contribution in [3.05, 3.63) is 64.8 Å². The van der Waals surface area contributed by atoms with Crippen LogP contribution >= 0.6 is 15.9 Å². The number of pyridine rings is 1. The number of hydrogen-bond donors (Lipinski definition) is 1. The molecule has 0 fully saturated rings. The Balaban J connectivity index is 1.67. The molecule has 0 atom stereocenters. The lowest BCUT2D eigenvalue weighted by Crippen LogP contribution is -1.89. The van der Waals surface area contributed by atoms with Gasteiger partial charge in [-0.1, -0.05) is 22.0 Å². The highest BCUT2D eigenvalue weighted by molar-refractivity contribution is 9.10. The zero-order valence-corrected chi connectivity index (χ0v) is 15.8. The molecule has 0 saturated carbocycles. The summed E-state index contributed by atoms with van der Waals surface area (Å²) < 4.78 is 11.7. The number of aromatic hydroxyl groups is 1. The van der Waals surface area contributed by atoms with E-state index >= 15 is 0 Å². The van der Waals surface area contributed by atoms with Crippen LogP contribution in [0.2, 0.25) is 0 Å². The molecule has 0 aliphatic carbocycles. The Morgan fingerprint density at radius 2 is 2.07 bits per heavy atom. The second-order valence-corrected chi connectivity index (χ2v) is 6.61. The van der Waals surface area contributed by atoms with Gasteiger partial charge in [0.05, 0.1) is 12.8 Å². The van der Waals surface area contributed by atoms with Crippen molar-refractivity contribution in [3.63, 3.8) is 0 Å². The Morgan fingerprint density at radius 3 is 2.89 bits per heavy atom. The third-order valence-electron chi connectivity index (χ3n) is 3.90. The number of aromatic nitrogens is 2. The quantitative estimate of drug-likeness (QED) is 0.460. The zero-order valence-electron chi connectivity index (χ0n) is 14.3. The van der Waals surface area contributed by atoms with Gasteiger partial charge in [-0.05, 0) is 42.5 Å². The maximum Gasteiger partial charge on any atom is 0.228 e. The first-order valence-electron chi connectivity index (χ1n) is 8.06. The molecule has 27 heavy (non-hydrogen) atoms. The van der Waals surface area contributed by atoms with Crippen LogP contribution in [0.4, 0.5) is 5.69 Å². The van der Waals surface area contributed by atoms with Gasteiger partial charge in [0.15, 0.2) is 22.7 Å². The van der Waals surface area contributed by atoms with Gasteiger partial charge in [0, 0.05) is 28.0 Å². The minimum atomic E-state index is 0.0330. The number of aliphatic imine (C=N–C) groups is 1. The Hall–Kier alpha value is -3.19. The van der Waals surface area contributed by atoms with Crippen molar-refractivity contribution in [2.75, 3.05) is 7.11 Å². The number of phenolic OH excluding ortho intramolecular Hbond substituents is 1. The summed E-state index contributed by atoms with van der Waals surface area (Å²) in [5, 5.41) is 10.2. The summed E-state index contributed by atoms with van der Waals surface area (Å²) in [6.07, 6.45) is 3.25. The van der Waals surface area contributed by atoms with Crippen LogP contribution < -0.4 is 4.74 Å². The number of oxazole rings is 1. The molecule has 6 nitrogen and oxygen atoms in total. The van der Waals surface area contributed by atoms with Crippen molar-refractivity contribution in [3.8, 4) is 23.0 Å². The molecule has 2 aromatic carbocycles. The Kier molecular flexibility index (Phi) is 4.60. The number of methoxy groups -OCH3 is 1. The summed E-state index contributed by atoms with van der Waals surface area (Å²) in [7, 11) is 1.50. The smallest absolute Gasteiger partial charge is 0.228 e. The molecule has 0 radical (unpaired) electrons. The second kappa shape index (κ2) is 7.20. The van der Waals surface area contributed by atoms with E-state index in [1.807, 2.05) is 30.3 Å². The first-order chi connectivity index (χ1) is 13.1. The number of halogens is 1. The van der Waals surface area contributed by atoms with Crippen molar-refractivity contribution >= 4 is 39.1 Å². The molecule has 4 aromatic rings. The number of nitrogens with zero attached hydrogens (tertiary/aromatic N) is 3. The SMILES string of the molecule is COc1cc(Br)cc(C=Nc2cccc(-c3nc4ncccc4o3)c2)c1O. The molecular formula is C20H14BrN3O3. The van der Waals surface area contributed by atoms with E-state index in [-0.39, 0.29) is 5.75 Å². The molecule has 2 heterocycles. The molecule has 0 bridgehead atoms. The topological polar surface area (TPSA) is 80.7 Å². The van der Waals surface area contributed by atoms with Crippen LogP contribution in [-0.2, 0) is 0 Å². The molecule has 0 aliphatic rings. The van der Waals surface area contributed by atoms with Gasteiger partial charge in [-0.2, -0.15) is 4.98 Å². The predicted octanol–water partition coefficient (Wildman–Crippen LogP) is 5.12. The molecule has 0 amide bonds. The highest BCUT2D eigenvalue weighted by atomic mass is 79.9. The van der Waals surface area contributed by atoms with Crippen molar-refractivity contribution in [1.29, 1.82) is 0 Å². The lowest BCUT2D eigenvalue weighted by molar-refractivity contribution is 0.373. The first kappa shape index (κ1) is 17.2. The average molecular weight is 424 g/mol. The van der Waals surface area contributed by atoms with Gasteiger partial charge >= 0.3 is 0 Å². The highest BCUT2D eigenvalue weighted by Gasteiger charge is 2.10. The number of ether oxygens (including phenoxy) is 1. The number of rotatable bonds is 4. The van der Waals surface area contributed by atoms with E-state index in [4.69, 9.17) is 9.15 Å². The van der Waals surface area contributed by atoms with Crippen LogP contribution in [0.25, 0.3) is 22.7 Å². The van der Waals surface area contributed by atoms with Gasteiger partial charge in [0.25, 0.3) is 0 Å². The highest BCUT2D eigenvalue weighted by Crippen LogP contribution is 2.33. The van der Waals surface area contributed by atoms with E-state index in [2.05, 4.69) is 30.9 Å². The zero-order chi connectivity index (χ0) is 18.8. The average Bonchev–Trinajstić information content (AvgIpc) is 3.13. The fourth-order valence-electron chi connectivity index (χ4n) is 2.60. The summed E-state index contributed by atoms with van der Waals surface area (Å²) in [4.78, 5) is 13.0. The fourth-order valence-corrected chi connectivity index (χ4v) is 3.06. The van der Waals surface area contributed by atoms with Crippen LogP contribution in [0, 0.1) is 0 Å². The number of benzene rings is 2. The lowest BCUT2D eigenvalue weighted by atomic mass is 10.2. The molecule has 0 saturated heterocycles. The Labute approximate surface area is 163 Å².